The molecule has 1 atom stereocenters. The molecule has 0 spiro atoms. The quantitative estimate of drug-likeness (QED) is 0.639. The van der Waals surface area contributed by atoms with Crippen molar-refractivity contribution in [1.82, 2.24) is 0 Å². The number of carbonyl (C=O) groups is 2. The van der Waals surface area contributed by atoms with Crippen LogP contribution in [0.2, 0.25) is 0 Å². The molecule has 160 valence electrons. The number of hydrogen-bond donors (Lipinski definition) is 2. The van der Waals surface area contributed by atoms with Crippen LogP contribution in [0.1, 0.15) is 53.6 Å². The second-order valence-corrected chi connectivity index (χ2v) is 8.92. The number of primary amides is 1. The highest BCUT2D eigenvalue weighted by molar-refractivity contribution is 7.17. The van der Waals surface area contributed by atoms with Crippen molar-refractivity contribution in [3.05, 3.63) is 45.8 Å². The molecule has 0 saturated carbocycles. The van der Waals surface area contributed by atoms with Gasteiger partial charge in [-0.15, -0.1) is 11.3 Å². The minimum absolute atomic E-state index is 0.0325. The van der Waals surface area contributed by atoms with Crippen molar-refractivity contribution in [3.8, 4) is 11.5 Å². The van der Waals surface area contributed by atoms with Gasteiger partial charge in [-0.1, -0.05) is 13.0 Å². The van der Waals surface area contributed by atoms with E-state index in [0.29, 0.717) is 28.0 Å². The third-order valence-electron chi connectivity index (χ3n) is 4.97. The highest BCUT2D eigenvalue weighted by Crippen LogP contribution is 2.39. The van der Waals surface area contributed by atoms with Crippen LogP contribution in [0.3, 0.4) is 0 Å². The van der Waals surface area contributed by atoms with E-state index in [1.54, 1.807) is 13.2 Å². The minimum Gasteiger partial charge on any atom is -0.493 e. The van der Waals surface area contributed by atoms with Crippen LogP contribution in [0.5, 0.6) is 11.5 Å². The van der Waals surface area contributed by atoms with E-state index >= 15 is 0 Å². The average molecular weight is 429 g/mol. The van der Waals surface area contributed by atoms with Gasteiger partial charge in [-0.2, -0.15) is 0 Å². The SMILES string of the molecule is COc1cc(C=CC(=O)Nc2sc3c(c2C(N)=O)CCC(C)C3)ccc1OC(C)C. The maximum Gasteiger partial charge on any atom is 0.251 e. The number of ether oxygens (including phenoxy) is 2. The van der Waals surface area contributed by atoms with Crippen molar-refractivity contribution < 1.29 is 19.1 Å². The van der Waals surface area contributed by atoms with Gasteiger partial charge in [-0.3, -0.25) is 9.59 Å². The molecular formula is C23H28N2O4S. The smallest absolute Gasteiger partial charge is 0.251 e. The summed E-state index contributed by atoms with van der Waals surface area (Å²) >= 11 is 1.45. The van der Waals surface area contributed by atoms with E-state index in [1.807, 2.05) is 32.0 Å². The van der Waals surface area contributed by atoms with E-state index in [-0.39, 0.29) is 12.0 Å². The zero-order valence-electron chi connectivity index (χ0n) is 17.8. The molecule has 7 heteroatoms. The van der Waals surface area contributed by atoms with Gasteiger partial charge in [0.15, 0.2) is 11.5 Å². The topological polar surface area (TPSA) is 90.6 Å². The van der Waals surface area contributed by atoms with Crippen LogP contribution in [0, 0.1) is 5.92 Å². The molecule has 2 aromatic rings. The Morgan fingerprint density at radius 1 is 1.30 bits per heavy atom. The molecule has 3 N–H and O–H groups in total. The molecule has 1 aliphatic rings. The number of benzene rings is 1. The van der Waals surface area contributed by atoms with Crippen molar-refractivity contribution in [2.75, 3.05) is 12.4 Å². The fraction of sp³-hybridized carbons (Fsp3) is 0.391. The number of anilines is 1. The number of nitrogens with one attached hydrogen (secondary N) is 1. The zero-order chi connectivity index (χ0) is 21.8. The highest BCUT2D eigenvalue weighted by atomic mass is 32.1. The number of nitrogens with two attached hydrogens (primary N) is 1. The molecule has 1 heterocycles. The number of thiophene rings is 1. The number of methoxy groups -OCH3 is 1. The normalized spacial score (nSPS) is 15.8. The summed E-state index contributed by atoms with van der Waals surface area (Å²) in [6, 6.07) is 5.47. The van der Waals surface area contributed by atoms with Crippen molar-refractivity contribution in [2.24, 2.45) is 11.7 Å². The monoisotopic (exact) mass is 428 g/mol. The summed E-state index contributed by atoms with van der Waals surface area (Å²) < 4.78 is 11.1. The summed E-state index contributed by atoms with van der Waals surface area (Å²) in [6.45, 7) is 6.08. The lowest BCUT2D eigenvalue weighted by atomic mass is 9.88. The van der Waals surface area contributed by atoms with Gasteiger partial charge in [0.05, 0.1) is 18.8 Å². The van der Waals surface area contributed by atoms with Crippen LogP contribution in [0.4, 0.5) is 5.00 Å². The van der Waals surface area contributed by atoms with E-state index < -0.39 is 5.91 Å². The molecule has 0 aliphatic heterocycles. The van der Waals surface area contributed by atoms with Crippen LogP contribution in [0.15, 0.2) is 24.3 Å². The molecule has 1 aromatic heterocycles. The molecule has 0 bridgehead atoms. The summed E-state index contributed by atoms with van der Waals surface area (Å²) in [5, 5.41) is 3.37. The van der Waals surface area contributed by atoms with E-state index in [1.165, 1.54) is 17.4 Å². The van der Waals surface area contributed by atoms with Crippen molar-refractivity contribution in [2.45, 2.75) is 46.1 Å². The Morgan fingerprint density at radius 3 is 2.73 bits per heavy atom. The van der Waals surface area contributed by atoms with E-state index in [9.17, 15) is 9.59 Å². The molecule has 30 heavy (non-hydrogen) atoms. The van der Waals surface area contributed by atoms with E-state index in [4.69, 9.17) is 15.2 Å². The Morgan fingerprint density at radius 2 is 2.07 bits per heavy atom. The molecule has 6 nitrogen and oxygen atoms in total. The Kier molecular flexibility index (Phi) is 6.82. The van der Waals surface area contributed by atoms with Crippen LogP contribution in [-0.2, 0) is 17.6 Å². The number of amides is 2. The van der Waals surface area contributed by atoms with Crippen LogP contribution < -0.4 is 20.5 Å². The number of hydrogen-bond acceptors (Lipinski definition) is 5. The lowest BCUT2D eigenvalue weighted by molar-refractivity contribution is -0.111. The predicted octanol–water partition coefficient (Wildman–Crippen LogP) is 4.42. The molecule has 1 aromatic carbocycles. The minimum atomic E-state index is -0.494. The maximum absolute atomic E-state index is 12.5. The summed E-state index contributed by atoms with van der Waals surface area (Å²) in [6.07, 6.45) is 5.92. The first kappa shape index (κ1) is 21.9. The van der Waals surface area contributed by atoms with Gasteiger partial charge >= 0.3 is 0 Å². The van der Waals surface area contributed by atoms with Gasteiger partial charge in [0.1, 0.15) is 5.00 Å². The van der Waals surface area contributed by atoms with Crippen molar-refractivity contribution in [1.29, 1.82) is 0 Å². The molecular weight excluding hydrogens is 400 g/mol. The van der Waals surface area contributed by atoms with Crippen molar-refractivity contribution in [3.63, 3.8) is 0 Å². The zero-order valence-corrected chi connectivity index (χ0v) is 18.6. The van der Waals surface area contributed by atoms with E-state index in [0.717, 1.165) is 35.3 Å². The number of fused-ring (bicyclic) bond motifs is 1. The molecule has 0 saturated heterocycles. The molecule has 0 radical (unpaired) electrons. The van der Waals surface area contributed by atoms with Gasteiger partial charge in [-0.05, 0) is 68.4 Å². The van der Waals surface area contributed by atoms with E-state index in [2.05, 4.69) is 12.2 Å². The summed E-state index contributed by atoms with van der Waals surface area (Å²) in [5.41, 5.74) is 7.86. The molecule has 1 unspecified atom stereocenters. The van der Waals surface area contributed by atoms with Gasteiger partial charge in [-0.25, -0.2) is 0 Å². The van der Waals surface area contributed by atoms with Gasteiger partial charge < -0.3 is 20.5 Å². The second-order valence-electron chi connectivity index (χ2n) is 7.82. The summed E-state index contributed by atoms with van der Waals surface area (Å²) in [5.74, 6) is 1.01. The Hall–Kier alpha value is -2.80. The second kappa shape index (κ2) is 9.34. The van der Waals surface area contributed by atoms with Gasteiger partial charge in [0, 0.05) is 11.0 Å². The third kappa shape index (κ3) is 5.02. The van der Waals surface area contributed by atoms with Crippen LogP contribution in [-0.4, -0.2) is 25.0 Å². The van der Waals surface area contributed by atoms with Crippen LogP contribution in [0.25, 0.3) is 6.08 Å². The summed E-state index contributed by atoms with van der Waals surface area (Å²) in [4.78, 5) is 25.7. The molecule has 0 fully saturated rings. The maximum atomic E-state index is 12.5. The largest absolute Gasteiger partial charge is 0.493 e. The predicted molar refractivity (Wildman–Crippen MR) is 120 cm³/mol. The fourth-order valence-electron chi connectivity index (χ4n) is 3.56. The highest BCUT2D eigenvalue weighted by Gasteiger charge is 2.26. The van der Waals surface area contributed by atoms with Crippen molar-refractivity contribution >= 4 is 34.2 Å². The van der Waals surface area contributed by atoms with Gasteiger partial charge in [0.2, 0.25) is 5.91 Å². The standard InChI is InChI=1S/C23H28N2O4S/c1-13(2)29-17-9-6-15(12-18(17)28-4)7-10-20(26)25-23-21(22(24)27)16-8-5-14(3)11-19(16)30-23/h6-7,9-10,12-14H,5,8,11H2,1-4H3,(H2,24,27)(H,25,26). The molecule has 1 aliphatic carbocycles. The average Bonchev–Trinajstić information content (AvgIpc) is 3.03. The first-order valence-corrected chi connectivity index (χ1v) is 10.9. The fourth-order valence-corrected chi connectivity index (χ4v) is 4.98. The number of rotatable bonds is 7. The first-order chi connectivity index (χ1) is 14.3. The summed E-state index contributed by atoms with van der Waals surface area (Å²) in [7, 11) is 1.58. The molecule has 3 rings (SSSR count). The van der Waals surface area contributed by atoms with Crippen LogP contribution >= 0.6 is 11.3 Å². The first-order valence-electron chi connectivity index (χ1n) is 10.1. The Balaban J connectivity index is 1.76. The lowest BCUT2D eigenvalue weighted by Crippen LogP contribution is -2.18. The Labute approximate surface area is 181 Å². The molecule has 2 amide bonds. The third-order valence-corrected chi connectivity index (χ3v) is 6.14. The Bertz CT molecular complexity index is 978. The number of carbonyl (C=O) groups excluding carboxylic acids is 2. The van der Waals surface area contributed by atoms with Gasteiger partial charge in [0.25, 0.3) is 5.91 Å². The lowest BCUT2D eigenvalue weighted by Gasteiger charge is -2.18.